The van der Waals surface area contributed by atoms with Crippen molar-refractivity contribution in [2.24, 2.45) is 5.92 Å². The first-order valence-corrected chi connectivity index (χ1v) is 6.91. The Labute approximate surface area is 117 Å². The molecule has 0 aromatic heterocycles. The summed E-state index contributed by atoms with van der Waals surface area (Å²) < 4.78 is 5.46. The molecule has 2 unspecified atom stereocenters. The number of para-hydroxylation sites is 1. The molecule has 1 fully saturated rings. The minimum absolute atomic E-state index is 0.0150. The average Bonchev–Trinajstić information content (AvgIpc) is 2.77. The number of amides is 2. The number of anilines is 1. The van der Waals surface area contributed by atoms with Crippen LogP contribution in [0.3, 0.4) is 0 Å². The maximum absolute atomic E-state index is 12.5. The summed E-state index contributed by atoms with van der Waals surface area (Å²) in [6.07, 6.45) is 0.857. The Kier molecular flexibility index (Phi) is 3.44. The molecule has 2 atom stereocenters. The molecule has 2 heterocycles. The molecule has 5 nitrogen and oxygen atoms in total. The third kappa shape index (κ3) is 2.54. The summed E-state index contributed by atoms with van der Waals surface area (Å²) in [4.78, 5) is 26.1. The summed E-state index contributed by atoms with van der Waals surface area (Å²) in [6.45, 7) is 3.01. The number of rotatable bonds is 1. The predicted molar refractivity (Wildman–Crippen MR) is 74.0 cm³/mol. The van der Waals surface area contributed by atoms with Crippen LogP contribution in [0.25, 0.3) is 0 Å². The van der Waals surface area contributed by atoms with E-state index >= 15 is 0 Å². The van der Waals surface area contributed by atoms with Crippen LogP contribution in [-0.4, -0.2) is 36.0 Å². The second-order valence-electron chi connectivity index (χ2n) is 5.48. The van der Waals surface area contributed by atoms with Gasteiger partial charge in [0.25, 0.3) is 0 Å². The topological polar surface area (TPSA) is 58.6 Å². The molecule has 1 N–H and O–H groups in total. The SMILES string of the molecule is CC1CC(C(=O)N2CC(=O)Nc3ccccc3C2)CO1. The van der Waals surface area contributed by atoms with E-state index in [1.165, 1.54) is 0 Å². The third-order valence-electron chi connectivity index (χ3n) is 3.85. The van der Waals surface area contributed by atoms with Gasteiger partial charge in [-0.25, -0.2) is 0 Å². The maximum atomic E-state index is 12.5. The number of fused-ring (bicyclic) bond motifs is 1. The van der Waals surface area contributed by atoms with Gasteiger partial charge in [-0.15, -0.1) is 0 Å². The van der Waals surface area contributed by atoms with Crippen molar-refractivity contribution in [1.29, 1.82) is 0 Å². The molecule has 0 bridgehead atoms. The molecule has 0 radical (unpaired) electrons. The lowest BCUT2D eigenvalue weighted by molar-refractivity contribution is -0.138. The summed E-state index contributed by atoms with van der Waals surface area (Å²) in [5.74, 6) is -0.250. The molecule has 1 aromatic carbocycles. The molecule has 2 amide bonds. The number of carbonyl (C=O) groups excluding carboxylic acids is 2. The van der Waals surface area contributed by atoms with Crippen LogP contribution in [0.5, 0.6) is 0 Å². The normalized spacial score (nSPS) is 25.9. The first kappa shape index (κ1) is 13.1. The number of hydrogen-bond donors (Lipinski definition) is 1. The fraction of sp³-hybridized carbons (Fsp3) is 0.467. The molecular formula is C15H18N2O3. The Bertz CT molecular complexity index is 544. The lowest BCUT2D eigenvalue weighted by Gasteiger charge is -2.22. The van der Waals surface area contributed by atoms with Gasteiger partial charge in [0.15, 0.2) is 0 Å². The van der Waals surface area contributed by atoms with Gasteiger partial charge in [-0.1, -0.05) is 18.2 Å². The fourth-order valence-electron chi connectivity index (χ4n) is 2.81. The molecule has 0 spiro atoms. The highest BCUT2D eigenvalue weighted by molar-refractivity contribution is 5.96. The molecule has 2 aliphatic heterocycles. The lowest BCUT2D eigenvalue weighted by Crippen LogP contribution is -2.39. The second-order valence-corrected chi connectivity index (χ2v) is 5.48. The van der Waals surface area contributed by atoms with Gasteiger partial charge in [-0.2, -0.15) is 0 Å². The zero-order valence-corrected chi connectivity index (χ0v) is 11.5. The van der Waals surface area contributed by atoms with Crippen LogP contribution in [0.15, 0.2) is 24.3 Å². The Balaban J connectivity index is 1.80. The number of nitrogens with zero attached hydrogens (tertiary/aromatic N) is 1. The van der Waals surface area contributed by atoms with Crippen molar-refractivity contribution in [2.75, 3.05) is 18.5 Å². The molecule has 0 saturated carbocycles. The third-order valence-corrected chi connectivity index (χ3v) is 3.85. The van der Waals surface area contributed by atoms with E-state index in [1.54, 1.807) is 4.90 Å². The van der Waals surface area contributed by atoms with Crippen LogP contribution < -0.4 is 5.32 Å². The van der Waals surface area contributed by atoms with Crippen LogP contribution >= 0.6 is 0 Å². The van der Waals surface area contributed by atoms with Crippen LogP contribution in [0.4, 0.5) is 5.69 Å². The number of benzene rings is 1. The Morgan fingerprint density at radius 2 is 2.15 bits per heavy atom. The van der Waals surface area contributed by atoms with Crippen molar-refractivity contribution in [3.8, 4) is 0 Å². The highest BCUT2D eigenvalue weighted by Gasteiger charge is 2.33. The first-order chi connectivity index (χ1) is 9.63. The Hall–Kier alpha value is -1.88. The van der Waals surface area contributed by atoms with Crippen LogP contribution in [0.2, 0.25) is 0 Å². The van der Waals surface area contributed by atoms with E-state index in [2.05, 4.69) is 5.32 Å². The summed E-state index contributed by atoms with van der Waals surface area (Å²) >= 11 is 0. The minimum Gasteiger partial charge on any atom is -0.378 e. The van der Waals surface area contributed by atoms with E-state index in [0.717, 1.165) is 17.7 Å². The van der Waals surface area contributed by atoms with Crippen LogP contribution in [0.1, 0.15) is 18.9 Å². The predicted octanol–water partition coefficient (Wildman–Crippen LogP) is 1.39. The lowest BCUT2D eigenvalue weighted by atomic mass is 10.0. The molecule has 5 heteroatoms. The largest absolute Gasteiger partial charge is 0.378 e. The summed E-state index contributed by atoms with van der Waals surface area (Å²) in [5, 5.41) is 2.84. The van der Waals surface area contributed by atoms with Gasteiger partial charge in [0.2, 0.25) is 11.8 Å². The van der Waals surface area contributed by atoms with Crippen LogP contribution in [0, 0.1) is 5.92 Å². The van der Waals surface area contributed by atoms with Gasteiger partial charge in [0.05, 0.1) is 18.6 Å². The number of ether oxygens (including phenoxy) is 1. The van der Waals surface area contributed by atoms with Crippen molar-refractivity contribution < 1.29 is 14.3 Å². The molecular weight excluding hydrogens is 256 g/mol. The molecule has 3 rings (SSSR count). The van der Waals surface area contributed by atoms with Gasteiger partial charge in [-0.05, 0) is 25.0 Å². The first-order valence-electron chi connectivity index (χ1n) is 6.91. The van der Waals surface area contributed by atoms with E-state index in [9.17, 15) is 9.59 Å². The number of nitrogens with one attached hydrogen (secondary N) is 1. The zero-order chi connectivity index (χ0) is 14.1. The molecule has 20 heavy (non-hydrogen) atoms. The number of hydrogen-bond acceptors (Lipinski definition) is 3. The van der Waals surface area contributed by atoms with E-state index in [0.29, 0.717) is 13.2 Å². The van der Waals surface area contributed by atoms with Crippen molar-refractivity contribution in [2.45, 2.75) is 26.0 Å². The molecule has 1 aromatic rings. The monoisotopic (exact) mass is 274 g/mol. The quantitative estimate of drug-likeness (QED) is 0.842. The smallest absolute Gasteiger partial charge is 0.244 e. The Morgan fingerprint density at radius 3 is 2.90 bits per heavy atom. The highest BCUT2D eigenvalue weighted by Crippen LogP contribution is 2.25. The highest BCUT2D eigenvalue weighted by atomic mass is 16.5. The maximum Gasteiger partial charge on any atom is 0.244 e. The van der Waals surface area contributed by atoms with Gasteiger partial charge in [0, 0.05) is 12.2 Å². The van der Waals surface area contributed by atoms with Crippen molar-refractivity contribution in [3.05, 3.63) is 29.8 Å². The molecule has 2 aliphatic rings. The summed E-state index contributed by atoms with van der Waals surface area (Å²) in [6, 6.07) is 7.60. The van der Waals surface area contributed by atoms with Crippen molar-refractivity contribution in [1.82, 2.24) is 4.90 Å². The standard InChI is InChI=1S/C15H18N2O3/c1-10-6-12(9-20-10)15(19)17-7-11-4-2-3-5-13(11)16-14(18)8-17/h2-5,10,12H,6-9H2,1H3,(H,16,18). The minimum atomic E-state index is -0.143. The summed E-state index contributed by atoms with van der Waals surface area (Å²) in [5.41, 5.74) is 1.77. The van der Waals surface area contributed by atoms with E-state index in [-0.39, 0.29) is 30.4 Å². The number of carbonyl (C=O) groups is 2. The average molecular weight is 274 g/mol. The fourth-order valence-corrected chi connectivity index (χ4v) is 2.81. The Morgan fingerprint density at radius 1 is 1.35 bits per heavy atom. The molecule has 1 saturated heterocycles. The zero-order valence-electron chi connectivity index (χ0n) is 11.5. The van der Waals surface area contributed by atoms with Gasteiger partial charge in [0.1, 0.15) is 6.54 Å². The second kappa shape index (κ2) is 5.25. The van der Waals surface area contributed by atoms with Gasteiger partial charge < -0.3 is 15.0 Å². The van der Waals surface area contributed by atoms with Crippen LogP contribution in [-0.2, 0) is 20.9 Å². The molecule has 106 valence electrons. The van der Waals surface area contributed by atoms with Gasteiger partial charge >= 0.3 is 0 Å². The van der Waals surface area contributed by atoms with Gasteiger partial charge in [-0.3, -0.25) is 9.59 Å². The summed E-state index contributed by atoms with van der Waals surface area (Å²) in [7, 11) is 0. The van der Waals surface area contributed by atoms with Crippen molar-refractivity contribution in [3.63, 3.8) is 0 Å². The van der Waals surface area contributed by atoms with Crippen molar-refractivity contribution >= 4 is 17.5 Å². The van der Waals surface area contributed by atoms with E-state index in [1.807, 2.05) is 31.2 Å². The van der Waals surface area contributed by atoms with E-state index in [4.69, 9.17) is 4.74 Å². The molecule has 0 aliphatic carbocycles. The van der Waals surface area contributed by atoms with E-state index < -0.39 is 0 Å².